The van der Waals surface area contributed by atoms with Crippen molar-refractivity contribution in [2.45, 2.75) is 51.7 Å². The number of amides is 1. The second-order valence-electron chi connectivity index (χ2n) is 7.78. The monoisotopic (exact) mass is 415 g/mol. The Kier molecular flexibility index (Phi) is 7.32. The first-order valence-corrected chi connectivity index (χ1v) is 10.6. The quantitative estimate of drug-likeness (QED) is 0.697. The number of methoxy groups -OCH3 is 2. The predicted molar refractivity (Wildman–Crippen MR) is 114 cm³/mol. The largest absolute Gasteiger partial charge is 0.493 e. The Hall–Kier alpha value is -2.60. The number of fused-ring (bicyclic) bond motifs is 1. The lowest BCUT2D eigenvalue weighted by molar-refractivity contribution is -0.948. The molecule has 1 amide bonds. The number of quaternary nitrogens is 1. The Balaban J connectivity index is 2.03. The molecule has 1 aliphatic heterocycles. The summed E-state index contributed by atoms with van der Waals surface area (Å²) in [4.78, 5) is 13.6. The van der Waals surface area contributed by atoms with Gasteiger partial charge in [-0.1, -0.05) is 26.0 Å². The Bertz CT molecular complexity index is 887. The van der Waals surface area contributed by atoms with Gasteiger partial charge in [0, 0.05) is 24.0 Å². The van der Waals surface area contributed by atoms with Crippen molar-refractivity contribution in [1.29, 1.82) is 0 Å². The highest BCUT2D eigenvalue weighted by Gasteiger charge is 2.38. The first-order valence-electron chi connectivity index (χ1n) is 10.6. The Morgan fingerprint density at radius 3 is 2.57 bits per heavy atom. The molecule has 2 aromatic rings. The fraction of sp³-hybridized carbons (Fsp3) is 0.458. The maximum absolute atomic E-state index is 13.8. The molecule has 162 valence electrons. The summed E-state index contributed by atoms with van der Waals surface area (Å²) < 4.78 is 24.8. The molecule has 0 bridgehead atoms. The van der Waals surface area contributed by atoms with Crippen LogP contribution in [-0.2, 0) is 17.8 Å². The molecule has 0 aliphatic carbocycles. The standard InChI is InChI=1S/C24H31FN2O3/c1-5-20(26-23(28)6-2)24-19-14-22(30-4)21(29-3)13-17(19)10-11-27(24)15-16-8-7-9-18(25)12-16/h7-9,12-14,20,24H,5-6,10-11,15H2,1-4H3,(H,26,28)/p+1/t20-,24-/m0/s1. The maximum atomic E-state index is 13.8. The number of halogens is 1. The van der Waals surface area contributed by atoms with Crippen LogP contribution < -0.4 is 19.7 Å². The van der Waals surface area contributed by atoms with Gasteiger partial charge in [0.15, 0.2) is 11.5 Å². The lowest BCUT2D eigenvalue weighted by atomic mass is 9.86. The number of hydrogen-bond acceptors (Lipinski definition) is 3. The summed E-state index contributed by atoms with van der Waals surface area (Å²) in [5.41, 5.74) is 3.33. The molecule has 0 saturated carbocycles. The summed E-state index contributed by atoms with van der Waals surface area (Å²) in [6.45, 7) is 5.54. The van der Waals surface area contributed by atoms with Crippen molar-refractivity contribution in [2.24, 2.45) is 0 Å². The molecule has 2 N–H and O–H groups in total. The summed E-state index contributed by atoms with van der Waals surface area (Å²) in [6, 6.07) is 10.9. The third-order valence-electron chi connectivity index (χ3n) is 5.97. The van der Waals surface area contributed by atoms with Crippen molar-refractivity contribution < 1.29 is 23.6 Å². The van der Waals surface area contributed by atoms with Crippen LogP contribution in [0.5, 0.6) is 11.5 Å². The minimum atomic E-state index is -0.224. The molecule has 6 heteroatoms. The number of rotatable bonds is 8. The van der Waals surface area contributed by atoms with Gasteiger partial charge in [-0.2, -0.15) is 0 Å². The van der Waals surface area contributed by atoms with Crippen molar-refractivity contribution in [3.8, 4) is 11.5 Å². The topological polar surface area (TPSA) is 52.0 Å². The molecule has 5 nitrogen and oxygen atoms in total. The zero-order valence-corrected chi connectivity index (χ0v) is 18.3. The molecule has 30 heavy (non-hydrogen) atoms. The molecular weight excluding hydrogens is 383 g/mol. The third kappa shape index (κ3) is 4.75. The van der Waals surface area contributed by atoms with E-state index in [0.29, 0.717) is 24.5 Å². The normalized spacial score (nSPS) is 19.0. The molecule has 0 fully saturated rings. The molecule has 0 aromatic heterocycles. The maximum Gasteiger partial charge on any atom is 0.220 e. The van der Waals surface area contributed by atoms with E-state index in [4.69, 9.17) is 9.47 Å². The van der Waals surface area contributed by atoms with Gasteiger partial charge in [0.2, 0.25) is 5.91 Å². The van der Waals surface area contributed by atoms with Crippen LogP contribution in [-0.4, -0.2) is 32.7 Å². The summed E-state index contributed by atoms with van der Waals surface area (Å²) in [7, 11) is 3.28. The van der Waals surface area contributed by atoms with E-state index in [2.05, 4.69) is 18.3 Å². The van der Waals surface area contributed by atoms with E-state index in [1.165, 1.54) is 16.5 Å². The minimum absolute atomic E-state index is 0.0295. The average molecular weight is 416 g/mol. The van der Waals surface area contributed by atoms with Gasteiger partial charge in [0.1, 0.15) is 18.4 Å². The van der Waals surface area contributed by atoms with Crippen molar-refractivity contribution in [2.75, 3.05) is 20.8 Å². The van der Waals surface area contributed by atoms with E-state index in [1.54, 1.807) is 26.4 Å². The number of nitrogens with one attached hydrogen (secondary N) is 2. The molecule has 0 radical (unpaired) electrons. The lowest BCUT2D eigenvalue weighted by Gasteiger charge is -2.39. The van der Waals surface area contributed by atoms with Crippen LogP contribution in [0.3, 0.4) is 0 Å². The van der Waals surface area contributed by atoms with Crippen LogP contribution in [0.2, 0.25) is 0 Å². The van der Waals surface area contributed by atoms with E-state index < -0.39 is 0 Å². The number of carbonyl (C=O) groups excluding carboxylic acids is 1. The van der Waals surface area contributed by atoms with E-state index >= 15 is 0 Å². The van der Waals surface area contributed by atoms with Gasteiger partial charge in [0.05, 0.1) is 26.8 Å². The van der Waals surface area contributed by atoms with Crippen molar-refractivity contribution in [3.05, 3.63) is 58.9 Å². The molecule has 2 aromatic carbocycles. The highest BCUT2D eigenvalue weighted by atomic mass is 19.1. The molecule has 0 saturated heterocycles. The summed E-state index contributed by atoms with van der Waals surface area (Å²) >= 11 is 0. The van der Waals surface area contributed by atoms with Crippen LogP contribution >= 0.6 is 0 Å². The van der Waals surface area contributed by atoms with Gasteiger partial charge in [0.25, 0.3) is 0 Å². The highest BCUT2D eigenvalue weighted by molar-refractivity contribution is 5.76. The third-order valence-corrected chi connectivity index (χ3v) is 5.97. The van der Waals surface area contributed by atoms with Gasteiger partial charge in [-0.25, -0.2) is 4.39 Å². The zero-order chi connectivity index (χ0) is 21.7. The van der Waals surface area contributed by atoms with Crippen LogP contribution in [0, 0.1) is 5.82 Å². The first-order chi connectivity index (χ1) is 14.5. The van der Waals surface area contributed by atoms with Crippen molar-refractivity contribution in [1.82, 2.24) is 5.32 Å². The van der Waals surface area contributed by atoms with Gasteiger partial charge in [-0.15, -0.1) is 0 Å². The fourth-order valence-corrected chi connectivity index (χ4v) is 4.45. The molecule has 1 unspecified atom stereocenters. The second-order valence-corrected chi connectivity index (χ2v) is 7.78. The molecule has 3 atom stereocenters. The van der Waals surface area contributed by atoms with Crippen molar-refractivity contribution >= 4 is 5.91 Å². The molecule has 0 spiro atoms. The minimum Gasteiger partial charge on any atom is -0.493 e. The van der Waals surface area contributed by atoms with Crippen molar-refractivity contribution in [3.63, 3.8) is 0 Å². The predicted octanol–water partition coefficient (Wildman–Crippen LogP) is 2.83. The Labute approximate surface area is 178 Å². The highest BCUT2D eigenvalue weighted by Crippen LogP contribution is 2.35. The number of carbonyl (C=O) groups is 1. The number of ether oxygens (including phenoxy) is 2. The van der Waals surface area contributed by atoms with E-state index in [-0.39, 0.29) is 23.8 Å². The fourth-order valence-electron chi connectivity index (χ4n) is 4.45. The Morgan fingerprint density at radius 2 is 1.93 bits per heavy atom. The van der Waals surface area contributed by atoms with Crippen LogP contribution in [0.1, 0.15) is 49.4 Å². The average Bonchev–Trinajstić information content (AvgIpc) is 2.76. The van der Waals surface area contributed by atoms with Crippen LogP contribution in [0.4, 0.5) is 4.39 Å². The van der Waals surface area contributed by atoms with E-state index in [1.807, 2.05) is 19.1 Å². The first kappa shape index (κ1) is 22.1. The van der Waals surface area contributed by atoms with Gasteiger partial charge >= 0.3 is 0 Å². The van der Waals surface area contributed by atoms with Crippen LogP contribution in [0.15, 0.2) is 36.4 Å². The van der Waals surface area contributed by atoms with Gasteiger partial charge < -0.3 is 19.7 Å². The van der Waals surface area contributed by atoms with Gasteiger partial charge in [-0.05, 0) is 36.2 Å². The lowest BCUT2D eigenvalue weighted by Crippen LogP contribution is -3.13. The molecule has 1 heterocycles. The zero-order valence-electron chi connectivity index (χ0n) is 18.3. The smallest absolute Gasteiger partial charge is 0.220 e. The summed E-state index contributed by atoms with van der Waals surface area (Å²) in [5, 5.41) is 3.21. The second kappa shape index (κ2) is 9.94. The molecular formula is C24H32FN2O3+. The SMILES string of the molecule is CCC(=O)N[C@@H](CC)[C@@H]1c2cc(OC)c(OC)cc2CC[NH+]1Cc1cccc(F)c1. The molecule has 3 rings (SSSR count). The van der Waals surface area contributed by atoms with E-state index in [9.17, 15) is 9.18 Å². The van der Waals surface area contributed by atoms with Gasteiger partial charge in [-0.3, -0.25) is 4.79 Å². The number of benzene rings is 2. The van der Waals surface area contributed by atoms with Crippen LogP contribution in [0.25, 0.3) is 0 Å². The van der Waals surface area contributed by atoms with E-state index in [0.717, 1.165) is 30.5 Å². The summed E-state index contributed by atoms with van der Waals surface area (Å²) in [6.07, 6.45) is 2.13. The Morgan fingerprint density at radius 1 is 1.20 bits per heavy atom. The summed E-state index contributed by atoms with van der Waals surface area (Å²) in [5.74, 6) is 1.22. The molecule has 1 aliphatic rings. The number of hydrogen-bond donors (Lipinski definition) is 2.